The van der Waals surface area contributed by atoms with E-state index in [-0.39, 0.29) is 18.1 Å². The number of likely N-dealkylation sites (tertiary alicyclic amines) is 1. The molecule has 0 aromatic heterocycles. The molecule has 150 valence electrons. The third-order valence-electron chi connectivity index (χ3n) is 5.09. The lowest BCUT2D eigenvalue weighted by atomic mass is 9.95. The van der Waals surface area contributed by atoms with Crippen molar-refractivity contribution in [3.05, 3.63) is 65.2 Å². The summed E-state index contributed by atoms with van der Waals surface area (Å²) in [5.41, 5.74) is 1.26. The second-order valence-corrected chi connectivity index (χ2v) is 7.27. The fraction of sp³-hybridized carbons (Fsp3) is 0.273. The van der Waals surface area contributed by atoms with Crippen molar-refractivity contribution in [2.24, 2.45) is 0 Å². The Bertz CT molecular complexity index is 984. The fourth-order valence-electron chi connectivity index (χ4n) is 3.60. The number of carbonyl (C=O) groups is 2. The molecular weight excluding hydrogens is 372 g/mol. The number of rotatable bonds is 5. The van der Waals surface area contributed by atoms with E-state index in [1.165, 1.54) is 4.90 Å². The van der Waals surface area contributed by atoms with E-state index in [0.717, 1.165) is 0 Å². The Hall–Kier alpha value is -3.32. The molecule has 1 atom stereocenters. The number of likely N-dealkylation sites (N-methyl/N-ethyl adjacent to an activating group) is 1. The van der Waals surface area contributed by atoms with Crippen LogP contribution in [0, 0.1) is 0 Å². The monoisotopic (exact) mass is 394 g/mol. The van der Waals surface area contributed by atoms with Gasteiger partial charge in [-0.15, -0.1) is 0 Å². The van der Waals surface area contributed by atoms with Gasteiger partial charge in [0.25, 0.3) is 11.7 Å². The first-order chi connectivity index (χ1) is 14.0. The minimum atomic E-state index is -0.704. The molecule has 2 aliphatic rings. The summed E-state index contributed by atoms with van der Waals surface area (Å²) in [5, 5.41) is 10.9. The van der Waals surface area contributed by atoms with Crippen LogP contribution in [0.1, 0.15) is 17.2 Å². The first-order valence-corrected chi connectivity index (χ1v) is 9.35. The van der Waals surface area contributed by atoms with Gasteiger partial charge in [-0.05, 0) is 31.8 Å². The second-order valence-electron chi connectivity index (χ2n) is 7.27. The van der Waals surface area contributed by atoms with Gasteiger partial charge in [-0.1, -0.05) is 36.4 Å². The molecule has 2 heterocycles. The highest BCUT2D eigenvalue weighted by molar-refractivity contribution is 6.46. The Kier molecular flexibility index (Phi) is 4.98. The average molecular weight is 394 g/mol. The minimum absolute atomic E-state index is 0.0822. The van der Waals surface area contributed by atoms with E-state index in [0.29, 0.717) is 35.7 Å². The van der Waals surface area contributed by atoms with Gasteiger partial charge in [-0.3, -0.25) is 9.59 Å². The van der Waals surface area contributed by atoms with Crippen molar-refractivity contribution in [3.8, 4) is 11.5 Å². The van der Waals surface area contributed by atoms with E-state index in [9.17, 15) is 14.7 Å². The van der Waals surface area contributed by atoms with Crippen LogP contribution < -0.4 is 9.47 Å². The van der Waals surface area contributed by atoms with Crippen LogP contribution in [0.15, 0.2) is 54.1 Å². The van der Waals surface area contributed by atoms with Gasteiger partial charge in [0.2, 0.25) is 6.79 Å². The number of aliphatic hydroxyl groups is 1. The summed E-state index contributed by atoms with van der Waals surface area (Å²) in [6, 6.07) is 13.4. The van der Waals surface area contributed by atoms with Gasteiger partial charge in [0.05, 0.1) is 11.6 Å². The molecular formula is C22H22N2O5. The van der Waals surface area contributed by atoms with Crippen LogP contribution >= 0.6 is 0 Å². The largest absolute Gasteiger partial charge is 0.507 e. The summed E-state index contributed by atoms with van der Waals surface area (Å²) in [7, 11) is 3.80. The highest BCUT2D eigenvalue weighted by Crippen LogP contribution is 2.42. The lowest BCUT2D eigenvalue weighted by molar-refractivity contribution is -0.140. The highest BCUT2D eigenvalue weighted by atomic mass is 16.7. The summed E-state index contributed by atoms with van der Waals surface area (Å²) in [4.78, 5) is 29.2. The molecule has 1 fully saturated rings. The molecule has 2 aromatic rings. The molecule has 29 heavy (non-hydrogen) atoms. The molecule has 7 heteroatoms. The van der Waals surface area contributed by atoms with E-state index < -0.39 is 17.7 Å². The van der Waals surface area contributed by atoms with Crippen LogP contribution in [0.5, 0.6) is 11.5 Å². The molecule has 7 nitrogen and oxygen atoms in total. The lowest BCUT2D eigenvalue weighted by Gasteiger charge is -2.26. The van der Waals surface area contributed by atoms with Crippen molar-refractivity contribution in [2.45, 2.75) is 6.04 Å². The molecule has 4 rings (SSSR count). The molecule has 0 bridgehead atoms. The number of fused-ring (bicyclic) bond motifs is 1. The summed E-state index contributed by atoms with van der Waals surface area (Å²) in [5.74, 6) is -0.318. The molecule has 1 N–H and O–H groups in total. The van der Waals surface area contributed by atoms with E-state index in [4.69, 9.17) is 9.47 Å². The van der Waals surface area contributed by atoms with E-state index in [1.807, 2.05) is 25.1 Å². The average Bonchev–Trinajstić information content (AvgIpc) is 3.29. The SMILES string of the molecule is CN(C)CCN1C(=O)C(=O)/C(=C(/O)c2ccccc2)[C@@H]1c1ccc2c(c1)OCO2. The van der Waals surface area contributed by atoms with Crippen molar-refractivity contribution >= 4 is 17.4 Å². The first kappa shape index (κ1) is 19.0. The Morgan fingerprint density at radius 3 is 2.55 bits per heavy atom. The maximum absolute atomic E-state index is 12.9. The zero-order valence-electron chi connectivity index (χ0n) is 16.3. The maximum atomic E-state index is 12.9. The second kappa shape index (κ2) is 7.60. The predicted octanol–water partition coefficient (Wildman–Crippen LogP) is 2.40. The third kappa shape index (κ3) is 3.45. The number of hydrogen-bond donors (Lipinski definition) is 1. The van der Waals surface area contributed by atoms with Gasteiger partial charge in [0, 0.05) is 18.7 Å². The topological polar surface area (TPSA) is 79.3 Å². The molecule has 0 aliphatic carbocycles. The molecule has 0 spiro atoms. The van der Waals surface area contributed by atoms with Crippen LogP contribution in [-0.4, -0.2) is 60.6 Å². The number of hydrogen-bond acceptors (Lipinski definition) is 6. The van der Waals surface area contributed by atoms with Crippen LogP contribution in [0.4, 0.5) is 0 Å². The van der Waals surface area contributed by atoms with Gasteiger partial charge in [0.1, 0.15) is 5.76 Å². The number of benzene rings is 2. The predicted molar refractivity (Wildman–Crippen MR) is 107 cm³/mol. The quantitative estimate of drug-likeness (QED) is 0.477. The maximum Gasteiger partial charge on any atom is 0.295 e. The lowest BCUT2D eigenvalue weighted by Crippen LogP contribution is -2.35. The van der Waals surface area contributed by atoms with Crippen molar-refractivity contribution in [1.82, 2.24) is 9.80 Å². The number of ketones is 1. The van der Waals surface area contributed by atoms with Gasteiger partial charge in [-0.2, -0.15) is 0 Å². The third-order valence-corrected chi connectivity index (χ3v) is 5.09. The zero-order chi connectivity index (χ0) is 20.5. The molecule has 2 aliphatic heterocycles. The molecule has 0 saturated carbocycles. The Morgan fingerprint density at radius 1 is 1.10 bits per heavy atom. The van der Waals surface area contributed by atoms with Crippen molar-refractivity contribution in [1.29, 1.82) is 0 Å². The fourth-order valence-corrected chi connectivity index (χ4v) is 3.60. The number of carbonyl (C=O) groups excluding carboxylic acids is 2. The van der Waals surface area contributed by atoms with Gasteiger partial charge >= 0.3 is 0 Å². The Labute approximate surface area is 168 Å². The summed E-state index contributed by atoms with van der Waals surface area (Å²) < 4.78 is 10.8. The zero-order valence-corrected chi connectivity index (χ0v) is 16.3. The van der Waals surface area contributed by atoms with Crippen LogP contribution in [0.2, 0.25) is 0 Å². The van der Waals surface area contributed by atoms with Crippen LogP contribution in [0.3, 0.4) is 0 Å². The summed E-state index contributed by atoms with van der Waals surface area (Å²) in [6.45, 7) is 1.06. The van der Waals surface area contributed by atoms with Crippen molar-refractivity contribution < 1.29 is 24.2 Å². The number of ether oxygens (including phenoxy) is 2. The molecule has 1 saturated heterocycles. The van der Waals surface area contributed by atoms with Crippen molar-refractivity contribution in [2.75, 3.05) is 34.0 Å². The number of Topliss-reactive ketones (excluding diaryl/α,β-unsaturated/α-hetero) is 1. The molecule has 1 amide bonds. The van der Waals surface area contributed by atoms with Gasteiger partial charge in [0.15, 0.2) is 11.5 Å². The number of aliphatic hydroxyl groups excluding tert-OH is 1. The first-order valence-electron chi connectivity index (χ1n) is 9.35. The van der Waals surface area contributed by atoms with Gasteiger partial charge < -0.3 is 24.4 Å². The van der Waals surface area contributed by atoms with E-state index in [1.54, 1.807) is 42.5 Å². The van der Waals surface area contributed by atoms with Gasteiger partial charge in [-0.25, -0.2) is 0 Å². The number of nitrogens with zero attached hydrogens (tertiary/aromatic N) is 2. The minimum Gasteiger partial charge on any atom is -0.507 e. The summed E-state index contributed by atoms with van der Waals surface area (Å²) >= 11 is 0. The highest BCUT2D eigenvalue weighted by Gasteiger charge is 2.46. The summed E-state index contributed by atoms with van der Waals surface area (Å²) in [6.07, 6.45) is 0. The smallest absolute Gasteiger partial charge is 0.295 e. The molecule has 0 radical (unpaired) electrons. The molecule has 2 aromatic carbocycles. The van der Waals surface area contributed by atoms with Crippen molar-refractivity contribution in [3.63, 3.8) is 0 Å². The van der Waals surface area contributed by atoms with E-state index in [2.05, 4.69) is 0 Å². The Morgan fingerprint density at radius 2 is 1.83 bits per heavy atom. The normalized spacial score (nSPS) is 20.0. The van der Waals surface area contributed by atoms with Crippen LogP contribution in [0.25, 0.3) is 5.76 Å². The standard InChI is InChI=1S/C22H22N2O5/c1-23(2)10-11-24-19(15-8-9-16-17(12-15)29-13-28-16)18(21(26)22(24)27)20(25)14-6-4-3-5-7-14/h3-9,12,19,25H,10-11,13H2,1-2H3/b20-18+/t19-/m0/s1. The van der Waals surface area contributed by atoms with Crippen LogP contribution in [-0.2, 0) is 9.59 Å². The molecule has 0 unspecified atom stereocenters. The number of amides is 1. The Balaban J connectivity index is 1.84. The van der Waals surface area contributed by atoms with E-state index >= 15 is 0 Å².